The maximum Gasteiger partial charge on any atom is 0.127 e. The Balaban J connectivity index is 2.43. The maximum absolute atomic E-state index is 5.47. The van der Waals surface area contributed by atoms with E-state index in [2.05, 4.69) is 47.1 Å². The second-order valence-electron chi connectivity index (χ2n) is 4.53. The summed E-state index contributed by atoms with van der Waals surface area (Å²) in [6.45, 7) is 2.16. The van der Waals surface area contributed by atoms with Crippen LogP contribution in [-0.4, -0.2) is 14.2 Å². The first kappa shape index (κ1) is 14.9. The van der Waals surface area contributed by atoms with E-state index >= 15 is 0 Å². The van der Waals surface area contributed by atoms with Crippen LogP contribution in [0.25, 0.3) is 0 Å². The molecule has 2 aromatic carbocycles. The van der Waals surface area contributed by atoms with E-state index in [9.17, 15) is 0 Å². The summed E-state index contributed by atoms with van der Waals surface area (Å²) in [6.07, 6.45) is 1.05. The number of halogens is 1. The molecular weight excluding hydrogens is 316 g/mol. The van der Waals surface area contributed by atoms with Crippen molar-refractivity contribution in [1.29, 1.82) is 0 Å². The number of hydrogen-bond donors (Lipinski definition) is 0. The van der Waals surface area contributed by atoms with Crippen molar-refractivity contribution in [3.05, 3.63) is 59.2 Å². The molecule has 0 heterocycles. The molecular formula is C17H19BrO2. The number of aryl methyl sites for hydroxylation is 1. The van der Waals surface area contributed by atoms with Crippen molar-refractivity contribution >= 4 is 15.9 Å². The lowest BCUT2D eigenvalue weighted by atomic mass is 10.0. The molecule has 106 valence electrons. The molecule has 0 aliphatic heterocycles. The standard InChI is InChI=1S/C17H19BrO2/c1-4-12-8-10-13(11-9-12)17(18)16-14(19-2)6-5-7-15(16)20-3/h5-11,17H,4H2,1-3H3. The van der Waals surface area contributed by atoms with Gasteiger partial charge in [0, 0.05) is 0 Å². The van der Waals surface area contributed by atoms with Crippen LogP contribution in [0.1, 0.15) is 28.4 Å². The number of rotatable bonds is 5. The van der Waals surface area contributed by atoms with Crippen LogP contribution in [0.3, 0.4) is 0 Å². The van der Waals surface area contributed by atoms with Crippen LogP contribution in [0.2, 0.25) is 0 Å². The monoisotopic (exact) mass is 334 g/mol. The lowest BCUT2D eigenvalue weighted by Crippen LogP contribution is -2.00. The molecule has 1 unspecified atom stereocenters. The van der Waals surface area contributed by atoms with Crippen LogP contribution in [0.4, 0.5) is 0 Å². The van der Waals surface area contributed by atoms with Crippen molar-refractivity contribution in [2.45, 2.75) is 18.2 Å². The highest BCUT2D eigenvalue weighted by Crippen LogP contribution is 2.42. The van der Waals surface area contributed by atoms with Gasteiger partial charge in [-0.1, -0.05) is 53.2 Å². The van der Waals surface area contributed by atoms with Crippen LogP contribution in [0, 0.1) is 0 Å². The second-order valence-corrected chi connectivity index (χ2v) is 5.45. The number of benzene rings is 2. The van der Waals surface area contributed by atoms with E-state index in [1.807, 2.05) is 18.2 Å². The number of alkyl halides is 1. The average molecular weight is 335 g/mol. The first-order valence-corrected chi connectivity index (χ1v) is 7.56. The summed E-state index contributed by atoms with van der Waals surface area (Å²) >= 11 is 3.76. The van der Waals surface area contributed by atoms with Gasteiger partial charge in [-0.2, -0.15) is 0 Å². The van der Waals surface area contributed by atoms with Crippen LogP contribution >= 0.6 is 15.9 Å². The fourth-order valence-electron chi connectivity index (χ4n) is 2.22. The van der Waals surface area contributed by atoms with E-state index in [1.165, 1.54) is 11.1 Å². The van der Waals surface area contributed by atoms with Gasteiger partial charge in [0.1, 0.15) is 11.5 Å². The van der Waals surface area contributed by atoms with Crippen LogP contribution in [0.15, 0.2) is 42.5 Å². The minimum absolute atomic E-state index is 0.0412. The predicted molar refractivity (Wildman–Crippen MR) is 86.1 cm³/mol. The molecule has 0 radical (unpaired) electrons. The summed E-state index contributed by atoms with van der Waals surface area (Å²) in [5.74, 6) is 1.65. The third kappa shape index (κ3) is 2.98. The van der Waals surface area contributed by atoms with E-state index in [1.54, 1.807) is 14.2 Å². The average Bonchev–Trinajstić information content (AvgIpc) is 2.53. The molecule has 2 nitrogen and oxygen atoms in total. The zero-order valence-corrected chi connectivity index (χ0v) is 13.6. The van der Waals surface area contributed by atoms with Crippen molar-refractivity contribution in [1.82, 2.24) is 0 Å². The van der Waals surface area contributed by atoms with E-state index in [0.717, 1.165) is 23.5 Å². The normalized spacial score (nSPS) is 12.0. The molecule has 0 N–H and O–H groups in total. The highest BCUT2D eigenvalue weighted by Gasteiger charge is 2.19. The van der Waals surface area contributed by atoms with E-state index < -0.39 is 0 Å². The van der Waals surface area contributed by atoms with Crippen molar-refractivity contribution in [2.75, 3.05) is 14.2 Å². The molecule has 0 bridgehead atoms. The molecule has 2 rings (SSSR count). The van der Waals surface area contributed by atoms with Gasteiger partial charge in [0.25, 0.3) is 0 Å². The highest BCUT2D eigenvalue weighted by molar-refractivity contribution is 9.09. The van der Waals surface area contributed by atoms with Gasteiger partial charge in [0.05, 0.1) is 24.6 Å². The third-order valence-corrected chi connectivity index (χ3v) is 4.39. The molecule has 0 spiro atoms. The molecule has 0 saturated heterocycles. The Hall–Kier alpha value is -1.48. The Morgan fingerprint density at radius 2 is 1.50 bits per heavy atom. The van der Waals surface area contributed by atoms with Crippen molar-refractivity contribution in [2.24, 2.45) is 0 Å². The van der Waals surface area contributed by atoms with Gasteiger partial charge < -0.3 is 9.47 Å². The van der Waals surface area contributed by atoms with Crippen molar-refractivity contribution in [3.8, 4) is 11.5 Å². The van der Waals surface area contributed by atoms with Gasteiger partial charge in [-0.3, -0.25) is 0 Å². The second kappa shape index (κ2) is 6.80. The molecule has 0 saturated carbocycles. The van der Waals surface area contributed by atoms with E-state index in [-0.39, 0.29) is 4.83 Å². The van der Waals surface area contributed by atoms with Gasteiger partial charge in [-0.05, 0) is 29.7 Å². The third-order valence-electron chi connectivity index (χ3n) is 3.40. The van der Waals surface area contributed by atoms with Gasteiger partial charge in [-0.25, -0.2) is 0 Å². The predicted octanol–water partition coefficient (Wildman–Crippen LogP) is 4.75. The van der Waals surface area contributed by atoms with Gasteiger partial charge in [-0.15, -0.1) is 0 Å². The molecule has 0 fully saturated rings. The Morgan fingerprint density at radius 3 is 1.95 bits per heavy atom. The molecule has 0 aliphatic carbocycles. The Labute approximate surface area is 128 Å². The lowest BCUT2D eigenvalue weighted by molar-refractivity contribution is 0.386. The molecule has 3 heteroatoms. The minimum Gasteiger partial charge on any atom is -0.496 e. The largest absolute Gasteiger partial charge is 0.496 e. The zero-order chi connectivity index (χ0) is 14.5. The van der Waals surface area contributed by atoms with E-state index in [0.29, 0.717) is 0 Å². The molecule has 0 aliphatic rings. The topological polar surface area (TPSA) is 18.5 Å². The molecule has 0 aromatic heterocycles. The first-order valence-electron chi connectivity index (χ1n) is 6.65. The van der Waals surface area contributed by atoms with Crippen LogP contribution < -0.4 is 9.47 Å². The summed E-state index contributed by atoms with van der Waals surface area (Å²) < 4.78 is 10.9. The highest BCUT2D eigenvalue weighted by atomic mass is 79.9. The fraction of sp³-hybridized carbons (Fsp3) is 0.294. The lowest BCUT2D eigenvalue weighted by Gasteiger charge is -2.18. The van der Waals surface area contributed by atoms with Gasteiger partial charge >= 0.3 is 0 Å². The van der Waals surface area contributed by atoms with E-state index in [4.69, 9.17) is 9.47 Å². The fourth-order valence-corrected chi connectivity index (χ4v) is 2.98. The Morgan fingerprint density at radius 1 is 0.950 bits per heavy atom. The SMILES string of the molecule is CCc1ccc(C(Br)c2c(OC)cccc2OC)cc1. The summed E-state index contributed by atoms with van der Waals surface area (Å²) in [6, 6.07) is 14.4. The minimum atomic E-state index is 0.0412. The number of ether oxygens (including phenoxy) is 2. The Kier molecular flexibility index (Phi) is 5.07. The summed E-state index contributed by atoms with van der Waals surface area (Å²) in [4.78, 5) is 0.0412. The number of methoxy groups -OCH3 is 2. The van der Waals surface area contributed by atoms with Crippen molar-refractivity contribution in [3.63, 3.8) is 0 Å². The van der Waals surface area contributed by atoms with Gasteiger partial charge in [0.2, 0.25) is 0 Å². The smallest absolute Gasteiger partial charge is 0.127 e. The first-order chi connectivity index (χ1) is 9.71. The number of hydrogen-bond acceptors (Lipinski definition) is 2. The summed E-state index contributed by atoms with van der Waals surface area (Å²) in [5, 5.41) is 0. The molecule has 2 aromatic rings. The maximum atomic E-state index is 5.47. The Bertz CT molecular complexity index is 541. The molecule has 20 heavy (non-hydrogen) atoms. The molecule has 0 amide bonds. The summed E-state index contributed by atoms with van der Waals surface area (Å²) in [5.41, 5.74) is 3.53. The van der Waals surface area contributed by atoms with Crippen molar-refractivity contribution < 1.29 is 9.47 Å². The quantitative estimate of drug-likeness (QED) is 0.734. The molecule has 1 atom stereocenters. The zero-order valence-electron chi connectivity index (χ0n) is 12.0. The summed E-state index contributed by atoms with van der Waals surface area (Å²) in [7, 11) is 3.36. The van der Waals surface area contributed by atoms with Gasteiger partial charge in [0.15, 0.2) is 0 Å². The van der Waals surface area contributed by atoms with Crippen LogP contribution in [0.5, 0.6) is 11.5 Å². The van der Waals surface area contributed by atoms with Crippen LogP contribution in [-0.2, 0) is 6.42 Å².